The smallest absolute Gasteiger partial charge is 0.228 e. The van der Waals surface area contributed by atoms with Gasteiger partial charge in [0.1, 0.15) is 10.6 Å². The van der Waals surface area contributed by atoms with E-state index < -0.39 is 0 Å². The number of rotatable bonds is 8. The predicted octanol–water partition coefficient (Wildman–Crippen LogP) is 4.42. The van der Waals surface area contributed by atoms with Crippen molar-refractivity contribution in [3.05, 3.63) is 35.7 Å². The van der Waals surface area contributed by atoms with E-state index in [9.17, 15) is 4.79 Å². The second kappa shape index (κ2) is 10.3. The highest BCUT2D eigenvalue weighted by Crippen LogP contribution is 2.41. The summed E-state index contributed by atoms with van der Waals surface area (Å²) >= 11 is 1.70. The minimum atomic E-state index is -0.223. The summed E-state index contributed by atoms with van der Waals surface area (Å²) < 4.78 is 0. The average Bonchev–Trinajstić information content (AvgIpc) is 3.50. The van der Waals surface area contributed by atoms with Gasteiger partial charge in [0.05, 0.1) is 5.39 Å². The Hall–Kier alpha value is -2.71. The van der Waals surface area contributed by atoms with Gasteiger partial charge in [-0.2, -0.15) is 4.98 Å². The summed E-state index contributed by atoms with van der Waals surface area (Å²) in [5.41, 5.74) is 7.91. The molecule has 2 saturated heterocycles. The summed E-state index contributed by atoms with van der Waals surface area (Å²) in [6.45, 7) is 4.86. The van der Waals surface area contributed by atoms with Crippen molar-refractivity contribution in [2.75, 3.05) is 42.5 Å². The van der Waals surface area contributed by atoms with Gasteiger partial charge in [0.2, 0.25) is 11.9 Å². The standard InChI is InChI=1S/C28H36N6OS/c29-24(35)15-20-11-14-34(17-20)28-31-26(33-12-9-19(10-13-33)16-30-22-7-4-8-22)25-23(18-36-27(25)32-28)21-5-2-1-3-6-21/h1-3,5-6,18-20,22,30H,4,7-17H2,(H2,29,35). The van der Waals surface area contributed by atoms with E-state index in [0.29, 0.717) is 6.42 Å². The number of thiophene rings is 1. The molecule has 190 valence electrons. The Kier molecular flexibility index (Phi) is 6.80. The average molecular weight is 505 g/mol. The Bertz CT molecular complexity index is 1200. The number of amides is 1. The highest BCUT2D eigenvalue weighted by molar-refractivity contribution is 7.17. The van der Waals surface area contributed by atoms with Gasteiger partial charge in [-0.25, -0.2) is 4.98 Å². The van der Waals surface area contributed by atoms with Crippen LogP contribution in [0.3, 0.4) is 0 Å². The fourth-order valence-electron chi connectivity index (χ4n) is 5.87. The lowest BCUT2D eigenvalue weighted by atomic mass is 9.91. The molecule has 7 nitrogen and oxygen atoms in total. The maximum Gasteiger partial charge on any atom is 0.228 e. The van der Waals surface area contributed by atoms with Crippen molar-refractivity contribution < 1.29 is 4.79 Å². The fraction of sp³-hybridized carbons (Fsp3) is 0.536. The second-order valence-electron chi connectivity index (χ2n) is 10.8. The third-order valence-electron chi connectivity index (χ3n) is 8.26. The van der Waals surface area contributed by atoms with Gasteiger partial charge >= 0.3 is 0 Å². The molecule has 1 atom stereocenters. The first-order chi connectivity index (χ1) is 17.6. The Labute approximate surface area is 217 Å². The van der Waals surface area contributed by atoms with E-state index in [-0.39, 0.29) is 11.8 Å². The Morgan fingerprint density at radius 3 is 2.47 bits per heavy atom. The lowest BCUT2D eigenvalue weighted by Crippen LogP contribution is -2.42. The van der Waals surface area contributed by atoms with Crippen molar-refractivity contribution in [2.24, 2.45) is 17.6 Å². The van der Waals surface area contributed by atoms with Crippen molar-refractivity contribution >= 4 is 39.2 Å². The van der Waals surface area contributed by atoms with Crippen molar-refractivity contribution in [1.29, 1.82) is 0 Å². The van der Waals surface area contributed by atoms with Crippen LogP contribution in [0.4, 0.5) is 11.8 Å². The summed E-state index contributed by atoms with van der Waals surface area (Å²) in [5, 5.41) is 7.19. The zero-order valence-electron chi connectivity index (χ0n) is 20.9. The Balaban J connectivity index is 1.28. The minimum absolute atomic E-state index is 0.223. The molecule has 0 radical (unpaired) electrons. The topological polar surface area (TPSA) is 87.4 Å². The van der Waals surface area contributed by atoms with Gasteiger partial charge in [-0.3, -0.25) is 4.79 Å². The van der Waals surface area contributed by atoms with Crippen molar-refractivity contribution in [3.63, 3.8) is 0 Å². The van der Waals surface area contributed by atoms with E-state index in [1.54, 1.807) is 11.3 Å². The Morgan fingerprint density at radius 2 is 1.75 bits per heavy atom. The summed E-state index contributed by atoms with van der Waals surface area (Å²) in [5.74, 6) is 2.66. The monoisotopic (exact) mass is 504 g/mol. The van der Waals surface area contributed by atoms with Gasteiger partial charge in [-0.05, 0) is 56.0 Å². The number of nitrogens with zero attached hydrogens (tertiary/aromatic N) is 4. The first-order valence-electron chi connectivity index (χ1n) is 13.5. The molecule has 1 saturated carbocycles. The van der Waals surface area contributed by atoms with Crippen LogP contribution in [0.15, 0.2) is 35.7 Å². The lowest BCUT2D eigenvalue weighted by Gasteiger charge is -2.35. The van der Waals surface area contributed by atoms with Gasteiger partial charge in [0.25, 0.3) is 0 Å². The number of anilines is 2. The maximum absolute atomic E-state index is 11.5. The molecule has 2 aliphatic heterocycles. The molecule has 1 unspecified atom stereocenters. The van der Waals surface area contributed by atoms with Crippen LogP contribution in [-0.4, -0.2) is 54.6 Å². The number of primary amides is 1. The molecule has 3 aromatic rings. The molecule has 8 heteroatoms. The molecular weight excluding hydrogens is 468 g/mol. The molecule has 3 fully saturated rings. The molecule has 3 N–H and O–H groups in total. The highest BCUT2D eigenvalue weighted by Gasteiger charge is 2.30. The quantitative estimate of drug-likeness (QED) is 0.472. The first-order valence-corrected chi connectivity index (χ1v) is 14.4. The molecule has 6 rings (SSSR count). The minimum Gasteiger partial charge on any atom is -0.370 e. The number of piperidine rings is 1. The summed E-state index contributed by atoms with van der Waals surface area (Å²) in [4.78, 5) is 27.5. The molecule has 0 spiro atoms. The number of hydrogen-bond acceptors (Lipinski definition) is 7. The SMILES string of the molecule is NC(=O)CC1CCN(c2nc(N3CCC(CNC4CCC4)CC3)c3c(-c4ccccc4)csc3n2)C1. The number of nitrogens with one attached hydrogen (secondary N) is 1. The van der Waals surface area contributed by atoms with Crippen LogP contribution >= 0.6 is 11.3 Å². The molecule has 36 heavy (non-hydrogen) atoms. The van der Waals surface area contributed by atoms with Crippen LogP contribution in [-0.2, 0) is 4.79 Å². The van der Waals surface area contributed by atoms with Crippen LogP contribution in [0.1, 0.15) is 44.9 Å². The zero-order chi connectivity index (χ0) is 24.5. The molecule has 0 bridgehead atoms. The molecule has 1 aliphatic carbocycles. The molecule has 3 aliphatic rings. The molecule has 1 aromatic carbocycles. The summed E-state index contributed by atoms with van der Waals surface area (Å²) in [6, 6.07) is 11.4. The van der Waals surface area contributed by atoms with Crippen molar-refractivity contribution in [3.8, 4) is 11.1 Å². The van der Waals surface area contributed by atoms with Gasteiger partial charge in [-0.15, -0.1) is 11.3 Å². The number of hydrogen-bond donors (Lipinski definition) is 2. The molecule has 4 heterocycles. The van der Waals surface area contributed by atoms with Gasteiger partial charge in [0.15, 0.2) is 0 Å². The van der Waals surface area contributed by atoms with Crippen LogP contribution in [0.25, 0.3) is 21.3 Å². The fourth-order valence-corrected chi connectivity index (χ4v) is 6.81. The van der Waals surface area contributed by atoms with E-state index in [2.05, 4.69) is 50.8 Å². The van der Waals surface area contributed by atoms with E-state index in [4.69, 9.17) is 15.7 Å². The van der Waals surface area contributed by atoms with Gasteiger partial charge in [0, 0.05) is 49.6 Å². The second-order valence-corrected chi connectivity index (χ2v) is 11.6. The number of fused-ring (bicyclic) bond motifs is 1. The summed E-state index contributed by atoms with van der Waals surface area (Å²) in [7, 11) is 0. The zero-order valence-corrected chi connectivity index (χ0v) is 21.7. The van der Waals surface area contributed by atoms with E-state index in [0.717, 1.165) is 67.7 Å². The van der Waals surface area contributed by atoms with Crippen LogP contribution in [0.2, 0.25) is 0 Å². The third-order valence-corrected chi connectivity index (χ3v) is 9.13. The largest absolute Gasteiger partial charge is 0.370 e. The maximum atomic E-state index is 11.5. The van der Waals surface area contributed by atoms with Crippen molar-refractivity contribution in [2.45, 2.75) is 51.0 Å². The normalized spacial score (nSPS) is 21.3. The van der Waals surface area contributed by atoms with Crippen LogP contribution < -0.4 is 20.9 Å². The molecule has 2 aromatic heterocycles. The molecule has 1 amide bonds. The van der Waals surface area contributed by atoms with Gasteiger partial charge < -0.3 is 20.9 Å². The highest BCUT2D eigenvalue weighted by atomic mass is 32.1. The van der Waals surface area contributed by atoms with Crippen LogP contribution in [0.5, 0.6) is 0 Å². The number of carbonyl (C=O) groups excluding carboxylic acids is 1. The van der Waals surface area contributed by atoms with Crippen LogP contribution in [0, 0.1) is 11.8 Å². The van der Waals surface area contributed by atoms with Crippen molar-refractivity contribution in [1.82, 2.24) is 15.3 Å². The number of aromatic nitrogens is 2. The predicted molar refractivity (Wildman–Crippen MR) is 148 cm³/mol. The third kappa shape index (κ3) is 4.93. The van der Waals surface area contributed by atoms with Gasteiger partial charge in [-0.1, -0.05) is 36.8 Å². The number of benzene rings is 1. The van der Waals surface area contributed by atoms with E-state index in [1.165, 1.54) is 48.6 Å². The Morgan fingerprint density at radius 1 is 1.00 bits per heavy atom. The number of nitrogens with two attached hydrogens (primary N) is 1. The van der Waals surface area contributed by atoms with E-state index in [1.807, 2.05) is 0 Å². The molecular formula is C28H36N6OS. The first kappa shape index (κ1) is 23.7. The lowest BCUT2D eigenvalue weighted by molar-refractivity contribution is -0.118. The number of carbonyl (C=O) groups is 1. The summed E-state index contributed by atoms with van der Waals surface area (Å²) in [6.07, 6.45) is 7.85. The van der Waals surface area contributed by atoms with E-state index >= 15 is 0 Å².